The second-order valence-electron chi connectivity index (χ2n) is 8.26. The number of hydrogen-bond donors (Lipinski definition) is 1. The summed E-state index contributed by atoms with van der Waals surface area (Å²) in [5.41, 5.74) is -0.198. The van der Waals surface area contributed by atoms with Gasteiger partial charge in [-0.05, 0) is 33.1 Å². The minimum Gasteiger partial charge on any atom is -0.381 e. The summed E-state index contributed by atoms with van der Waals surface area (Å²) < 4.78 is 11.7. The number of nitrogens with zero attached hydrogens (tertiary/aromatic N) is 2. The lowest BCUT2D eigenvalue weighted by Gasteiger charge is -2.47. The van der Waals surface area contributed by atoms with Crippen LogP contribution in [0.15, 0.2) is 0 Å². The third-order valence-electron chi connectivity index (χ3n) is 6.07. The molecule has 1 spiro atoms. The van der Waals surface area contributed by atoms with Gasteiger partial charge in [-0.1, -0.05) is 0 Å². The predicted octanol–water partition coefficient (Wildman–Crippen LogP) is 1.59. The Morgan fingerprint density at radius 3 is 2.62 bits per heavy atom. The van der Waals surface area contributed by atoms with Gasteiger partial charge >= 0.3 is 6.03 Å². The highest BCUT2D eigenvalue weighted by Crippen LogP contribution is 2.34. The number of carbonyl (C=O) groups excluding carboxylic acids is 1. The number of morpholine rings is 1. The molecular formula is C18H31N3O3. The lowest BCUT2D eigenvalue weighted by atomic mass is 9.91. The van der Waals surface area contributed by atoms with Crippen LogP contribution in [0.5, 0.6) is 0 Å². The van der Waals surface area contributed by atoms with Crippen molar-refractivity contribution in [2.75, 3.05) is 32.8 Å². The largest absolute Gasteiger partial charge is 0.381 e. The van der Waals surface area contributed by atoms with Crippen molar-refractivity contribution in [1.29, 1.82) is 0 Å². The molecule has 0 radical (unpaired) electrons. The summed E-state index contributed by atoms with van der Waals surface area (Å²) in [5, 5.41) is 3.29. The van der Waals surface area contributed by atoms with Crippen LogP contribution in [0.4, 0.5) is 4.79 Å². The fourth-order valence-corrected chi connectivity index (χ4v) is 4.74. The summed E-state index contributed by atoms with van der Waals surface area (Å²) in [5.74, 6) is 0. The Labute approximate surface area is 144 Å². The summed E-state index contributed by atoms with van der Waals surface area (Å²) in [4.78, 5) is 17.4. The third kappa shape index (κ3) is 3.41. The van der Waals surface area contributed by atoms with E-state index < -0.39 is 0 Å². The van der Waals surface area contributed by atoms with Gasteiger partial charge in [0.15, 0.2) is 0 Å². The zero-order chi connectivity index (χ0) is 16.7. The van der Waals surface area contributed by atoms with E-state index in [4.69, 9.17) is 9.47 Å². The number of rotatable bonds is 2. The molecule has 3 heterocycles. The molecule has 3 unspecified atom stereocenters. The molecule has 1 saturated carbocycles. The summed E-state index contributed by atoms with van der Waals surface area (Å²) in [6, 6.07) is 1.74. The molecule has 3 aliphatic heterocycles. The first-order chi connectivity index (χ1) is 11.5. The zero-order valence-corrected chi connectivity index (χ0v) is 15.0. The van der Waals surface area contributed by atoms with E-state index in [1.165, 1.54) is 12.8 Å². The topological polar surface area (TPSA) is 54.0 Å². The van der Waals surface area contributed by atoms with E-state index in [0.29, 0.717) is 19.1 Å². The monoisotopic (exact) mass is 337 g/mol. The molecule has 1 aliphatic carbocycles. The van der Waals surface area contributed by atoms with E-state index >= 15 is 0 Å². The van der Waals surface area contributed by atoms with Crippen molar-refractivity contribution in [1.82, 2.24) is 15.1 Å². The van der Waals surface area contributed by atoms with Crippen molar-refractivity contribution in [2.45, 2.75) is 75.8 Å². The van der Waals surface area contributed by atoms with Crippen LogP contribution in [0.2, 0.25) is 0 Å². The van der Waals surface area contributed by atoms with Crippen LogP contribution in [0.1, 0.15) is 46.0 Å². The number of amides is 2. The molecule has 3 saturated heterocycles. The maximum atomic E-state index is 12.8. The lowest BCUT2D eigenvalue weighted by Crippen LogP contribution is -2.61. The third-order valence-corrected chi connectivity index (χ3v) is 6.07. The van der Waals surface area contributed by atoms with Gasteiger partial charge in [0.25, 0.3) is 0 Å². The van der Waals surface area contributed by atoms with Crippen LogP contribution in [-0.4, -0.2) is 78.5 Å². The number of urea groups is 1. The van der Waals surface area contributed by atoms with Gasteiger partial charge in [-0.3, -0.25) is 4.90 Å². The van der Waals surface area contributed by atoms with Gasteiger partial charge in [-0.25, -0.2) is 4.79 Å². The first-order valence-electron chi connectivity index (χ1n) is 9.61. The normalized spacial score (nSPS) is 36.9. The van der Waals surface area contributed by atoms with Gasteiger partial charge in [0.2, 0.25) is 0 Å². The second kappa shape index (κ2) is 6.46. The zero-order valence-electron chi connectivity index (χ0n) is 15.0. The number of likely N-dealkylation sites (tertiary alicyclic amines) is 1. The summed E-state index contributed by atoms with van der Waals surface area (Å²) in [7, 11) is 0. The summed E-state index contributed by atoms with van der Waals surface area (Å²) in [6.07, 6.45) is 5.59. The first kappa shape index (κ1) is 16.6. The predicted molar refractivity (Wildman–Crippen MR) is 91.0 cm³/mol. The van der Waals surface area contributed by atoms with Crippen molar-refractivity contribution < 1.29 is 14.3 Å². The first-order valence-corrected chi connectivity index (χ1v) is 9.61. The van der Waals surface area contributed by atoms with Crippen LogP contribution in [0.3, 0.4) is 0 Å². The molecule has 1 N–H and O–H groups in total. The molecule has 0 aromatic heterocycles. The van der Waals surface area contributed by atoms with Crippen LogP contribution in [-0.2, 0) is 9.47 Å². The molecule has 24 heavy (non-hydrogen) atoms. The quantitative estimate of drug-likeness (QED) is 0.831. The molecule has 136 valence electrons. The Kier molecular flexibility index (Phi) is 4.47. The standard InChI is InChI=1S/C18H31N3O3/c1-13-9-15(11-21(13)16-3-4-16)19-17(22)20-10-14(2)24-18(12-20)5-7-23-8-6-18/h13-16H,3-12H2,1-2H3,(H,19,22). The fraction of sp³-hybridized carbons (Fsp3) is 0.944. The van der Waals surface area contributed by atoms with Crippen LogP contribution in [0, 0.1) is 0 Å². The van der Waals surface area contributed by atoms with Crippen molar-refractivity contribution >= 4 is 6.03 Å². The van der Waals surface area contributed by atoms with Crippen LogP contribution >= 0.6 is 0 Å². The molecular weight excluding hydrogens is 306 g/mol. The molecule has 4 fully saturated rings. The van der Waals surface area contributed by atoms with Gasteiger partial charge < -0.3 is 19.7 Å². The smallest absolute Gasteiger partial charge is 0.317 e. The Bertz CT molecular complexity index is 476. The second-order valence-corrected chi connectivity index (χ2v) is 8.26. The molecule has 0 aromatic rings. The van der Waals surface area contributed by atoms with Crippen molar-refractivity contribution in [3.05, 3.63) is 0 Å². The summed E-state index contributed by atoms with van der Waals surface area (Å²) >= 11 is 0. The molecule has 0 aromatic carbocycles. The van der Waals surface area contributed by atoms with Crippen molar-refractivity contribution in [2.24, 2.45) is 0 Å². The number of ether oxygens (including phenoxy) is 2. The van der Waals surface area contributed by atoms with Gasteiger partial charge in [0, 0.05) is 57.3 Å². The Hall–Kier alpha value is -0.850. The Morgan fingerprint density at radius 1 is 1.17 bits per heavy atom. The molecule has 4 rings (SSSR count). The minimum atomic E-state index is -0.198. The van der Waals surface area contributed by atoms with E-state index in [-0.39, 0.29) is 23.8 Å². The van der Waals surface area contributed by atoms with Gasteiger partial charge in [0.05, 0.1) is 18.2 Å². The molecule has 0 bridgehead atoms. The SMILES string of the molecule is CC1CN(C(=O)NC2CC(C)N(C3CC3)C2)CC2(CCOCC2)O1. The highest BCUT2D eigenvalue weighted by molar-refractivity contribution is 5.75. The van der Waals surface area contributed by atoms with Crippen molar-refractivity contribution in [3.8, 4) is 0 Å². The number of carbonyl (C=O) groups is 1. The fourth-order valence-electron chi connectivity index (χ4n) is 4.74. The van der Waals surface area contributed by atoms with Gasteiger partial charge in [-0.2, -0.15) is 0 Å². The van der Waals surface area contributed by atoms with Gasteiger partial charge in [-0.15, -0.1) is 0 Å². The summed E-state index contributed by atoms with van der Waals surface area (Å²) in [6.45, 7) is 8.22. The van der Waals surface area contributed by atoms with E-state index in [0.717, 1.165) is 45.1 Å². The number of hydrogen-bond acceptors (Lipinski definition) is 4. The lowest BCUT2D eigenvalue weighted by molar-refractivity contribution is -0.175. The van der Waals surface area contributed by atoms with E-state index in [1.54, 1.807) is 0 Å². The average molecular weight is 337 g/mol. The van der Waals surface area contributed by atoms with E-state index in [9.17, 15) is 4.79 Å². The highest BCUT2D eigenvalue weighted by atomic mass is 16.5. The molecule has 6 nitrogen and oxygen atoms in total. The van der Waals surface area contributed by atoms with Crippen molar-refractivity contribution in [3.63, 3.8) is 0 Å². The number of nitrogens with one attached hydrogen (secondary N) is 1. The van der Waals surface area contributed by atoms with E-state index in [1.807, 2.05) is 4.90 Å². The van der Waals surface area contributed by atoms with Crippen LogP contribution < -0.4 is 5.32 Å². The maximum Gasteiger partial charge on any atom is 0.317 e. The minimum absolute atomic E-state index is 0.0888. The molecule has 4 aliphatic rings. The molecule has 2 amide bonds. The Balaban J connectivity index is 1.35. The Morgan fingerprint density at radius 2 is 1.92 bits per heavy atom. The van der Waals surface area contributed by atoms with Gasteiger partial charge in [0.1, 0.15) is 0 Å². The van der Waals surface area contributed by atoms with Crippen LogP contribution in [0.25, 0.3) is 0 Å². The average Bonchev–Trinajstić information content (AvgIpc) is 3.31. The molecule has 6 heteroatoms. The highest BCUT2D eigenvalue weighted by Gasteiger charge is 2.43. The maximum absolute atomic E-state index is 12.8. The molecule has 3 atom stereocenters. The van der Waals surface area contributed by atoms with E-state index in [2.05, 4.69) is 24.1 Å².